The molecule has 0 saturated carbocycles. The van der Waals surface area contributed by atoms with Crippen molar-refractivity contribution in [2.45, 2.75) is 6.92 Å². The van der Waals surface area contributed by atoms with Crippen molar-refractivity contribution in [3.8, 4) is 5.75 Å². The number of ether oxygens (including phenoxy) is 2. The topological polar surface area (TPSA) is 84.9 Å². The Labute approximate surface area is 166 Å². The standard InChI is InChI=1S/C15H14I2N2O5/c1-3-19-14(21)11(18-15(19)22)6-8-4-9(16)13(10(17)5-8)24-7-12(20)23-2/h4-6H,3,7H2,1-2H3,(H,18,22)/b11-6+. The molecule has 1 aromatic carbocycles. The summed E-state index contributed by atoms with van der Waals surface area (Å²) in [5, 5.41) is 2.56. The molecule has 0 bridgehead atoms. The third-order valence-electron chi connectivity index (χ3n) is 3.17. The van der Waals surface area contributed by atoms with Gasteiger partial charge < -0.3 is 14.8 Å². The number of methoxy groups -OCH3 is 1. The molecule has 128 valence electrons. The average molecular weight is 556 g/mol. The number of imide groups is 1. The van der Waals surface area contributed by atoms with Crippen LogP contribution < -0.4 is 10.1 Å². The zero-order valence-electron chi connectivity index (χ0n) is 12.9. The van der Waals surface area contributed by atoms with Crippen LogP contribution in [0.2, 0.25) is 0 Å². The minimum atomic E-state index is -0.466. The molecule has 1 aliphatic rings. The summed E-state index contributed by atoms with van der Waals surface area (Å²) in [7, 11) is 1.30. The summed E-state index contributed by atoms with van der Waals surface area (Å²) in [6.45, 7) is 1.88. The third kappa shape index (κ3) is 4.18. The van der Waals surface area contributed by atoms with E-state index in [4.69, 9.17) is 4.74 Å². The van der Waals surface area contributed by atoms with Gasteiger partial charge in [0.25, 0.3) is 5.91 Å². The van der Waals surface area contributed by atoms with E-state index in [1.54, 1.807) is 25.1 Å². The molecular weight excluding hydrogens is 542 g/mol. The first-order valence-electron chi connectivity index (χ1n) is 6.90. The molecule has 1 aromatic rings. The van der Waals surface area contributed by atoms with Crippen LogP contribution in [0.4, 0.5) is 4.79 Å². The second-order valence-corrected chi connectivity index (χ2v) is 7.04. The zero-order valence-corrected chi connectivity index (χ0v) is 17.2. The predicted octanol–water partition coefficient (Wildman–Crippen LogP) is 2.36. The van der Waals surface area contributed by atoms with Crippen molar-refractivity contribution in [2.75, 3.05) is 20.3 Å². The number of carbonyl (C=O) groups is 3. The molecule has 3 amide bonds. The van der Waals surface area contributed by atoms with Crippen LogP contribution in [0.3, 0.4) is 0 Å². The summed E-state index contributed by atoms with van der Waals surface area (Å²) in [6.07, 6.45) is 1.62. The lowest BCUT2D eigenvalue weighted by Crippen LogP contribution is -2.30. The number of benzene rings is 1. The molecule has 0 atom stereocenters. The van der Waals surface area contributed by atoms with E-state index in [0.717, 1.165) is 17.6 Å². The van der Waals surface area contributed by atoms with Crippen LogP contribution in [-0.2, 0) is 14.3 Å². The van der Waals surface area contributed by atoms with Gasteiger partial charge >= 0.3 is 12.0 Å². The van der Waals surface area contributed by atoms with Crippen molar-refractivity contribution in [3.05, 3.63) is 30.5 Å². The lowest BCUT2D eigenvalue weighted by molar-refractivity contribution is -0.143. The molecule has 1 N–H and O–H groups in total. The number of hydrogen-bond acceptors (Lipinski definition) is 5. The monoisotopic (exact) mass is 556 g/mol. The van der Waals surface area contributed by atoms with Crippen LogP contribution in [0.15, 0.2) is 17.8 Å². The van der Waals surface area contributed by atoms with E-state index in [1.807, 2.05) is 0 Å². The molecule has 7 nitrogen and oxygen atoms in total. The number of rotatable bonds is 5. The first-order valence-corrected chi connectivity index (χ1v) is 9.06. The van der Waals surface area contributed by atoms with Crippen molar-refractivity contribution in [2.24, 2.45) is 0 Å². The fourth-order valence-electron chi connectivity index (χ4n) is 2.02. The van der Waals surface area contributed by atoms with Gasteiger partial charge in [0.15, 0.2) is 6.61 Å². The van der Waals surface area contributed by atoms with E-state index >= 15 is 0 Å². The Morgan fingerprint density at radius 1 is 1.29 bits per heavy atom. The average Bonchev–Trinajstić information content (AvgIpc) is 2.79. The largest absolute Gasteiger partial charge is 0.480 e. The Morgan fingerprint density at radius 3 is 2.42 bits per heavy atom. The minimum Gasteiger partial charge on any atom is -0.480 e. The fraction of sp³-hybridized carbons (Fsp3) is 0.267. The molecule has 24 heavy (non-hydrogen) atoms. The van der Waals surface area contributed by atoms with Crippen molar-refractivity contribution in [1.29, 1.82) is 0 Å². The van der Waals surface area contributed by atoms with E-state index < -0.39 is 12.0 Å². The maximum atomic E-state index is 12.1. The number of carbonyl (C=O) groups excluding carboxylic acids is 3. The molecule has 1 fully saturated rings. The highest BCUT2D eigenvalue weighted by Gasteiger charge is 2.32. The van der Waals surface area contributed by atoms with Gasteiger partial charge in [0.1, 0.15) is 11.4 Å². The molecule has 1 heterocycles. The Bertz CT molecular complexity index is 710. The first kappa shape index (κ1) is 19.0. The minimum absolute atomic E-state index is 0.178. The molecular formula is C15H14I2N2O5. The second-order valence-electron chi connectivity index (χ2n) is 4.72. The number of amides is 3. The van der Waals surface area contributed by atoms with Crippen molar-refractivity contribution >= 4 is 69.2 Å². The van der Waals surface area contributed by atoms with Crippen LogP contribution >= 0.6 is 45.2 Å². The number of nitrogens with one attached hydrogen (secondary N) is 1. The van der Waals surface area contributed by atoms with E-state index in [1.165, 1.54) is 7.11 Å². The lowest BCUT2D eigenvalue weighted by atomic mass is 10.2. The Morgan fingerprint density at radius 2 is 1.92 bits per heavy atom. The van der Waals surface area contributed by atoms with Crippen LogP contribution in [0, 0.1) is 7.14 Å². The van der Waals surface area contributed by atoms with E-state index in [-0.39, 0.29) is 18.2 Å². The smallest absolute Gasteiger partial charge is 0.343 e. The summed E-state index contributed by atoms with van der Waals surface area (Å²) in [5.41, 5.74) is 0.979. The zero-order chi connectivity index (χ0) is 17.9. The summed E-state index contributed by atoms with van der Waals surface area (Å²) >= 11 is 4.17. The summed E-state index contributed by atoms with van der Waals surface area (Å²) in [4.78, 5) is 36.1. The summed E-state index contributed by atoms with van der Waals surface area (Å²) < 4.78 is 11.6. The number of hydrogen-bond donors (Lipinski definition) is 1. The quantitative estimate of drug-likeness (QED) is 0.261. The van der Waals surface area contributed by atoms with Gasteiger partial charge in [0, 0.05) is 6.54 Å². The highest BCUT2D eigenvalue weighted by atomic mass is 127. The molecule has 1 aliphatic heterocycles. The molecule has 0 radical (unpaired) electrons. The molecule has 2 rings (SSSR count). The van der Waals surface area contributed by atoms with Crippen molar-refractivity contribution in [1.82, 2.24) is 10.2 Å². The van der Waals surface area contributed by atoms with Gasteiger partial charge in [-0.25, -0.2) is 9.59 Å². The molecule has 9 heteroatoms. The number of likely N-dealkylation sites (N-methyl/N-ethyl adjacent to an activating group) is 1. The van der Waals surface area contributed by atoms with E-state index in [2.05, 4.69) is 55.2 Å². The van der Waals surface area contributed by atoms with Crippen LogP contribution in [0.5, 0.6) is 5.75 Å². The fourth-order valence-corrected chi connectivity index (χ4v) is 4.14. The van der Waals surface area contributed by atoms with Crippen LogP contribution in [0.1, 0.15) is 12.5 Å². The Kier molecular flexibility index (Phi) is 6.43. The molecule has 0 aliphatic carbocycles. The van der Waals surface area contributed by atoms with Crippen LogP contribution in [0.25, 0.3) is 6.08 Å². The number of halogens is 2. The Balaban J connectivity index is 2.24. The number of esters is 1. The normalized spacial score (nSPS) is 15.7. The predicted molar refractivity (Wildman–Crippen MR) is 103 cm³/mol. The first-order chi connectivity index (χ1) is 11.4. The van der Waals surface area contributed by atoms with Crippen LogP contribution in [-0.4, -0.2) is 43.1 Å². The van der Waals surface area contributed by atoms with Crippen molar-refractivity contribution < 1.29 is 23.9 Å². The highest BCUT2D eigenvalue weighted by molar-refractivity contribution is 14.1. The summed E-state index contributed by atoms with van der Waals surface area (Å²) in [6, 6.07) is 3.18. The summed E-state index contributed by atoms with van der Waals surface area (Å²) in [5.74, 6) is -0.244. The Hall–Kier alpha value is -1.37. The van der Waals surface area contributed by atoms with Gasteiger partial charge in [-0.2, -0.15) is 0 Å². The van der Waals surface area contributed by atoms with E-state index in [9.17, 15) is 14.4 Å². The maximum Gasteiger partial charge on any atom is 0.343 e. The number of nitrogens with zero attached hydrogens (tertiary/aromatic N) is 1. The van der Waals surface area contributed by atoms with Gasteiger partial charge in [0.05, 0.1) is 14.3 Å². The van der Waals surface area contributed by atoms with Gasteiger partial charge in [-0.3, -0.25) is 9.69 Å². The third-order valence-corrected chi connectivity index (χ3v) is 4.77. The second kappa shape index (κ2) is 8.14. The maximum absolute atomic E-state index is 12.1. The van der Waals surface area contributed by atoms with E-state index in [0.29, 0.717) is 12.3 Å². The number of urea groups is 1. The van der Waals surface area contributed by atoms with Gasteiger partial charge in [0.2, 0.25) is 0 Å². The SMILES string of the molecule is CCN1C(=O)N/C(=C/c2cc(I)c(OCC(=O)OC)c(I)c2)C1=O. The van der Waals surface area contributed by atoms with Gasteiger partial charge in [-0.1, -0.05) is 0 Å². The lowest BCUT2D eigenvalue weighted by Gasteiger charge is -2.10. The van der Waals surface area contributed by atoms with Gasteiger partial charge in [-0.15, -0.1) is 0 Å². The molecule has 0 spiro atoms. The molecule has 0 unspecified atom stereocenters. The van der Waals surface area contributed by atoms with Crippen molar-refractivity contribution in [3.63, 3.8) is 0 Å². The highest BCUT2D eigenvalue weighted by Crippen LogP contribution is 2.30. The molecule has 1 saturated heterocycles. The van der Waals surface area contributed by atoms with Gasteiger partial charge in [-0.05, 0) is 75.9 Å². The molecule has 0 aromatic heterocycles.